The summed E-state index contributed by atoms with van der Waals surface area (Å²) in [6.07, 6.45) is 0.298. The highest BCUT2D eigenvalue weighted by Crippen LogP contribution is 2.41. The van der Waals surface area contributed by atoms with Crippen molar-refractivity contribution in [3.63, 3.8) is 0 Å². The van der Waals surface area contributed by atoms with Crippen LogP contribution in [0.2, 0.25) is 10.0 Å². The van der Waals surface area contributed by atoms with Crippen LogP contribution < -0.4 is 10.1 Å². The minimum absolute atomic E-state index is 0.0449. The molecule has 0 aromatic heterocycles. The molecule has 0 bridgehead atoms. The number of nitrogens with one attached hydrogen (secondary N) is 1. The lowest BCUT2D eigenvalue weighted by molar-refractivity contribution is 0.102. The minimum atomic E-state index is -4.55. The maximum absolute atomic E-state index is 13.2. The fourth-order valence-corrected chi connectivity index (χ4v) is 5.18. The van der Waals surface area contributed by atoms with Crippen molar-refractivity contribution in [2.45, 2.75) is 25.2 Å². The molecule has 1 amide bonds. The molecular formula is C27H23Cl2N3O6S. The van der Waals surface area contributed by atoms with Crippen molar-refractivity contribution in [2.75, 3.05) is 11.9 Å². The highest BCUT2D eigenvalue weighted by atomic mass is 35.5. The summed E-state index contributed by atoms with van der Waals surface area (Å²) in [5.41, 5.74) is 0.381. The molecule has 0 aliphatic carbocycles. The van der Waals surface area contributed by atoms with Gasteiger partial charge in [0, 0.05) is 5.39 Å². The van der Waals surface area contributed by atoms with E-state index in [1.165, 1.54) is 12.1 Å². The number of hydrogen-bond acceptors (Lipinski definition) is 7. The Bertz CT molecular complexity index is 1720. The number of aromatic hydroxyl groups is 1. The molecule has 4 rings (SSSR count). The topological polar surface area (TPSA) is 138 Å². The van der Waals surface area contributed by atoms with Gasteiger partial charge in [-0.15, -0.1) is 10.2 Å². The number of carbonyl (C=O) groups excluding carboxylic acids is 1. The molecule has 0 heterocycles. The van der Waals surface area contributed by atoms with Gasteiger partial charge in [0.15, 0.2) is 5.75 Å². The molecule has 202 valence electrons. The molecule has 12 heteroatoms. The number of benzene rings is 4. The predicted molar refractivity (Wildman–Crippen MR) is 151 cm³/mol. The Morgan fingerprint density at radius 2 is 1.77 bits per heavy atom. The molecule has 39 heavy (non-hydrogen) atoms. The van der Waals surface area contributed by atoms with E-state index in [0.717, 1.165) is 6.07 Å². The molecule has 4 aromatic carbocycles. The maximum atomic E-state index is 13.2. The van der Waals surface area contributed by atoms with Crippen LogP contribution >= 0.6 is 23.2 Å². The SMILES string of the molecule is CCOc1cccc(NC(=O)c2cc3ccccc3c(N=Nc3cc(S(=O)(=O)O)c(CC)cc3Cl)c2O)c1Cl. The lowest BCUT2D eigenvalue weighted by Gasteiger charge is -2.13. The van der Waals surface area contributed by atoms with Crippen molar-refractivity contribution in [3.05, 3.63) is 81.8 Å². The first-order chi connectivity index (χ1) is 18.5. The van der Waals surface area contributed by atoms with E-state index in [1.54, 1.807) is 56.3 Å². The monoisotopic (exact) mass is 587 g/mol. The Morgan fingerprint density at radius 1 is 1.03 bits per heavy atom. The molecule has 4 aromatic rings. The zero-order valence-electron chi connectivity index (χ0n) is 20.8. The lowest BCUT2D eigenvalue weighted by Crippen LogP contribution is -2.13. The number of halogens is 2. The lowest BCUT2D eigenvalue weighted by atomic mass is 10.0. The zero-order valence-corrected chi connectivity index (χ0v) is 23.1. The third kappa shape index (κ3) is 5.99. The van der Waals surface area contributed by atoms with Crippen LogP contribution in [0.1, 0.15) is 29.8 Å². The van der Waals surface area contributed by atoms with Crippen molar-refractivity contribution in [1.29, 1.82) is 0 Å². The molecule has 0 fully saturated rings. The van der Waals surface area contributed by atoms with Crippen LogP contribution in [-0.2, 0) is 16.5 Å². The first kappa shape index (κ1) is 28.3. The number of amides is 1. The fraction of sp³-hybridized carbons (Fsp3) is 0.148. The van der Waals surface area contributed by atoms with Gasteiger partial charge in [0.25, 0.3) is 16.0 Å². The molecule has 0 atom stereocenters. The number of nitrogens with zero attached hydrogens (tertiary/aromatic N) is 2. The normalized spacial score (nSPS) is 11.7. The van der Waals surface area contributed by atoms with Gasteiger partial charge in [0.05, 0.1) is 27.8 Å². The van der Waals surface area contributed by atoms with Gasteiger partial charge in [0.2, 0.25) is 0 Å². The van der Waals surface area contributed by atoms with Crippen molar-refractivity contribution >= 4 is 67.1 Å². The summed E-state index contributed by atoms with van der Waals surface area (Å²) in [6, 6.07) is 15.8. The van der Waals surface area contributed by atoms with Gasteiger partial charge in [0.1, 0.15) is 22.1 Å². The zero-order chi connectivity index (χ0) is 28.3. The highest BCUT2D eigenvalue weighted by Gasteiger charge is 2.21. The molecule has 0 saturated carbocycles. The Hall–Kier alpha value is -3.70. The molecule has 0 spiro atoms. The standard InChI is InChI=1S/C27H23Cl2N3O6S/c1-3-15-13-19(28)21(14-23(15)39(35,36)37)31-32-25-17-9-6-5-8-16(17)12-18(26(25)33)27(34)30-20-10-7-11-22(24(20)29)38-4-2/h5-14,33H,3-4H2,1-2H3,(H,30,34)(H,35,36,37). The van der Waals surface area contributed by atoms with E-state index < -0.39 is 21.8 Å². The van der Waals surface area contributed by atoms with Crippen LogP contribution in [0.25, 0.3) is 10.8 Å². The van der Waals surface area contributed by atoms with E-state index in [4.69, 9.17) is 27.9 Å². The van der Waals surface area contributed by atoms with E-state index in [1.807, 2.05) is 0 Å². The van der Waals surface area contributed by atoms with Gasteiger partial charge >= 0.3 is 0 Å². The summed E-state index contributed by atoms with van der Waals surface area (Å²) >= 11 is 12.7. The Kier molecular flexibility index (Phi) is 8.41. The third-order valence-electron chi connectivity index (χ3n) is 5.80. The Balaban J connectivity index is 1.80. The summed E-state index contributed by atoms with van der Waals surface area (Å²) in [5.74, 6) is -0.739. The fourth-order valence-electron chi connectivity index (χ4n) is 3.94. The predicted octanol–water partition coefficient (Wildman–Crippen LogP) is 7.73. The quantitative estimate of drug-likeness (QED) is 0.142. The first-order valence-electron chi connectivity index (χ1n) is 11.7. The van der Waals surface area contributed by atoms with Gasteiger partial charge in [-0.1, -0.05) is 60.5 Å². The molecular weight excluding hydrogens is 565 g/mol. The molecule has 0 aliphatic heterocycles. The van der Waals surface area contributed by atoms with E-state index in [0.29, 0.717) is 35.1 Å². The molecule has 0 saturated heterocycles. The van der Waals surface area contributed by atoms with Crippen LogP contribution in [0.4, 0.5) is 17.1 Å². The van der Waals surface area contributed by atoms with Crippen LogP contribution in [0.15, 0.2) is 75.8 Å². The molecule has 3 N–H and O–H groups in total. The van der Waals surface area contributed by atoms with Gasteiger partial charge < -0.3 is 15.2 Å². The van der Waals surface area contributed by atoms with Gasteiger partial charge in [-0.05, 0) is 54.6 Å². The molecule has 0 radical (unpaired) electrons. The van der Waals surface area contributed by atoms with Crippen LogP contribution in [0.3, 0.4) is 0 Å². The van der Waals surface area contributed by atoms with E-state index in [9.17, 15) is 22.9 Å². The van der Waals surface area contributed by atoms with Gasteiger partial charge in [-0.3, -0.25) is 9.35 Å². The number of aryl methyl sites for hydroxylation is 1. The van der Waals surface area contributed by atoms with Crippen molar-refractivity contribution in [3.8, 4) is 11.5 Å². The van der Waals surface area contributed by atoms with Gasteiger partial charge in [-0.25, -0.2) is 0 Å². The Labute approximate surface area is 234 Å². The maximum Gasteiger partial charge on any atom is 0.294 e. The number of fused-ring (bicyclic) bond motifs is 1. The van der Waals surface area contributed by atoms with E-state index in [-0.39, 0.29) is 37.6 Å². The summed E-state index contributed by atoms with van der Waals surface area (Å²) < 4.78 is 38.8. The second-order valence-electron chi connectivity index (χ2n) is 8.29. The number of carbonyl (C=O) groups is 1. The number of anilines is 1. The molecule has 0 aliphatic rings. The number of rotatable bonds is 8. The van der Waals surface area contributed by atoms with Crippen LogP contribution in [0.5, 0.6) is 11.5 Å². The van der Waals surface area contributed by atoms with Crippen molar-refractivity contribution < 1.29 is 27.6 Å². The highest BCUT2D eigenvalue weighted by molar-refractivity contribution is 7.85. The second kappa shape index (κ2) is 11.6. The largest absolute Gasteiger partial charge is 0.505 e. The third-order valence-corrected chi connectivity index (χ3v) is 7.43. The number of hydrogen-bond donors (Lipinski definition) is 3. The Morgan fingerprint density at radius 3 is 2.46 bits per heavy atom. The van der Waals surface area contributed by atoms with Gasteiger partial charge in [-0.2, -0.15) is 8.42 Å². The minimum Gasteiger partial charge on any atom is -0.505 e. The average molecular weight is 588 g/mol. The summed E-state index contributed by atoms with van der Waals surface area (Å²) in [7, 11) is -4.55. The number of ether oxygens (including phenoxy) is 1. The van der Waals surface area contributed by atoms with Crippen LogP contribution in [0, 0.1) is 0 Å². The summed E-state index contributed by atoms with van der Waals surface area (Å²) in [6.45, 7) is 3.90. The second-order valence-corrected chi connectivity index (χ2v) is 10.5. The van der Waals surface area contributed by atoms with Crippen LogP contribution in [-0.4, -0.2) is 30.6 Å². The molecule has 9 nitrogen and oxygen atoms in total. The van der Waals surface area contributed by atoms with E-state index >= 15 is 0 Å². The molecule has 0 unspecified atom stereocenters. The smallest absolute Gasteiger partial charge is 0.294 e. The van der Waals surface area contributed by atoms with Crippen molar-refractivity contribution in [1.82, 2.24) is 0 Å². The number of phenols is 1. The van der Waals surface area contributed by atoms with Crippen molar-refractivity contribution in [2.24, 2.45) is 10.2 Å². The number of phenolic OH excluding ortho intramolecular Hbond substituents is 1. The summed E-state index contributed by atoms with van der Waals surface area (Å²) in [5, 5.41) is 23.3. The average Bonchev–Trinajstić information content (AvgIpc) is 2.90. The van der Waals surface area contributed by atoms with E-state index in [2.05, 4.69) is 15.5 Å². The number of azo groups is 1. The first-order valence-corrected chi connectivity index (χ1v) is 13.9. The summed E-state index contributed by atoms with van der Waals surface area (Å²) in [4.78, 5) is 12.9.